The highest BCUT2D eigenvalue weighted by molar-refractivity contribution is 6.23. The van der Waals surface area contributed by atoms with Gasteiger partial charge in [-0.1, -0.05) is 12.2 Å². The fourth-order valence-electron chi connectivity index (χ4n) is 3.46. The Bertz CT molecular complexity index is 620. The van der Waals surface area contributed by atoms with Crippen molar-refractivity contribution in [1.82, 2.24) is 0 Å². The van der Waals surface area contributed by atoms with E-state index in [2.05, 4.69) is 0 Å². The SMILES string of the molecule is CN(C)c1ccc(N2C(=O)[C@@H]3[C@H](C2=O)[C@@H]2C=C[C@@H]3O2)cc1. The minimum Gasteiger partial charge on any atom is -0.378 e. The topological polar surface area (TPSA) is 49.9 Å². The van der Waals surface area contributed by atoms with Crippen molar-refractivity contribution in [2.45, 2.75) is 12.2 Å². The summed E-state index contributed by atoms with van der Waals surface area (Å²) in [6.07, 6.45) is 3.33. The largest absolute Gasteiger partial charge is 0.378 e. The molecule has 2 saturated heterocycles. The molecule has 5 heteroatoms. The van der Waals surface area contributed by atoms with Crippen LogP contribution in [0.4, 0.5) is 11.4 Å². The maximum absolute atomic E-state index is 12.6. The number of imide groups is 1. The molecule has 4 atom stereocenters. The quantitative estimate of drug-likeness (QED) is 0.605. The van der Waals surface area contributed by atoms with Gasteiger partial charge in [0.05, 0.1) is 29.7 Å². The zero-order valence-electron chi connectivity index (χ0n) is 11.9. The van der Waals surface area contributed by atoms with E-state index in [0.717, 1.165) is 5.69 Å². The molecule has 4 rings (SSSR count). The molecular weight excluding hydrogens is 268 g/mol. The molecule has 0 spiro atoms. The summed E-state index contributed by atoms with van der Waals surface area (Å²) in [4.78, 5) is 28.5. The number of rotatable bonds is 2. The Morgan fingerprint density at radius 2 is 1.48 bits per heavy atom. The summed E-state index contributed by atoms with van der Waals surface area (Å²) in [7, 11) is 3.90. The van der Waals surface area contributed by atoms with Gasteiger partial charge in [0.2, 0.25) is 11.8 Å². The monoisotopic (exact) mass is 284 g/mol. The molecule has 3 aliphatic heterocycles. The number of anilines is 2. The number of amides is 2. The van der Waals surface area contributed by atoms with Gasteiger partial charge in [0.25, 0.3) is 0 Å². The van der Waals surface area contributed by atoms with E-state index in [0.29, 0.717) is 5.69 Å². The normalized spacial score (nSPS) is 33.0. The third-order valence-electron chi connectivity index (χ3n) is 4.53. The minimum absolute atomic E-state index is 0.139. The molecule has 0 radical (unpaired) electrons. The van der Waals surface area contributed by atoms with Gasteiger partial charge in [-0.3, -0.25) is 9.59 Å². The Balaban J connectivity index is 1.68. The van der Waals surface area contributed by atoms with Crippen LogP contribution < -0.4 is 9.80 Å². The highest BCUT2D eigenvalue weighted by Crippen LogP contribution is 2.46. The van der Waals surface area contributed by atoms with Crippen molar-refractivity contribution in [3.8, 4) is 0 Å². The molecule has 108 valence electrons. The molecule has 0 N–H and O–H groups in total. The summed E-state index contributed by atoms with van der Waals surface area (Å²) in [5, 5.41) is 0. The van der Waals surface area contributed by atoms with Gasteiger partial charge in [-0.25, -0.2) is 4.90 Å². The second kappa shape index (κ2) is 4.18. The zero-order chi connectivity index (χ0) is 14.7. The van der Waals surface area contributed by atoms with Gasteiger partial charge in [-0.05, 0) is 24.3 Å². The second-order valence-corrected chi connectivity index (χ2v) is 5.92. The van der Waals surface area contributed by atoms with Crippen molar-refractivity contribution in [1.29, 1.82) is 0 Å². The molecular formula is C16H16N2O3. The number of fused-ring (bicyclic) bond motifs is 5. The molecule has 3 aliphatic rings. The fourth-order valence-corrected chi connectivity index (χ4v) is 3.46. The Hall–Kier alpha value is -2.14. The van der Waals surface area contributed by atoms with E-state index in [4.69, 9.17) is 4.74 Å². The van der Waals surface area contributed by atoms with E-state index in [1.165, 1.54) is 4.90 Å². The van der Waals surface area contributed by atoms with Crippen LogP contribution >= 0.6 is 0 Å². The standard InChI is InChI=1S/C16H16N2O3/c1-17(2)9-3-5-10(6-4-9)18-15(19)13-11-7-8-12(21-11)14(13)16(18)20/h3-8,11-14H,1-2H3/t11-,12-,13-,14+/m0/s1. The Morgan fingerprint density at radius 1 is 0.952 bits per heavy atom. The van der Waals surface area contributed by atoms with E-state index in [-0.39, 0.29) is 35.9 Å². The van der Waals surface area contributed by atoms with Crippen molar-refractivity contribution in [3.63, 3.8) is 0 Å². The molecule has 2 amide bonds. The van der Waals surface area contributed by atoms with E-state index >= 15 is 0 Å². The van der Waals surface area contributed by atoms with Crippen LogP contribution in [0.2, 0.25) is 0 Å². The maximum Gasteiger partial charge on any atom is 0.240 e. The third-order valence-corrected chi connectivity index (χ3v) is 4.53. The van der Waals surface area contributed by atoms with E-state index < -0.39 is 0 Å². The highest BCUT2D eigenvalue weighted by atomic mass is 16.5. The molecule has 0 aromatic heterocycles. The maximum atomic E-state index is 12.6. The van der Waals surface area contributed by atoms with Gasteiger partial charge in [0.1, 0.15) is 0 Å². The Labute approximate surface area is 122 Å². The first-order chi connectivity index (χ1) is 10.1. The van der Waals surface area contributed by atoms with Crippen LogP contribution in [0.5, 0.6) is 0 Å². The number of benzene rings is 1. The summed E-state index contributed by atoms with van der Waals surface area (Å²) in [6, 6.07) is 7.46. The van der Waals surface area contributed by atoms with Gasteiger partial charge in [-0.2, -0.15) is 0 Å². The first-order valence-corrected chi connectivity index (χ1v) is 7.07. The number of ether oxygens (including phenoxy) is 1. The van der Waals surface area contributed by atoms with Crippen molar-refractivity contribution in [2.75, 3.05) is 23.9 Å². The number of carbonyl (C=O) groups is 2. The Morgan fingerprint density at radius 3 is 1.95 bits per heavy atom. The average Bonchev–Trinajstić information content (AvgIpc) is 3.13. The lowest BCUT2D eigenvalue weighted by Gasteiger charge is -2.19. The molecule has 0 aliphatic carbocycles. The van der Waals surface area contributed by atoms with Crippen LogP contribution in [0.25, 0.3) is 0 Å². The number of nitrogens with zero attached hydrogens (tertiary/aromatic N) is 2. The van der Waals surface area contributed by atoms with Gasteiger partial charge >= 0.3 is 0 Å². The molecule has 3 heterocycles. The zero-order valence-corrected chi connectivity index (χ0v) is 11.9. The predicted molar refractivity (Wildman–Crippen MR) is 78.0 cm³/mol. The summed E-state index contributed by atoms with van der Waals surface area (Å²) in [5.74, 6) is -0.971. The van der Waals surface area contributed by atoms with E-state index in [9.17, 15) is 9.59 Å². The summed E-state index contributed by atoms with van der Waals surface area (Å²) < 4.78 is 5.63. The first-order valence-electron chi connectivity index (χ1n) is 7.07. The highest BCUT2D eigenvalue weighted by Gasteiger charge is 2.60. The molecule has 1 aromatic rings. The molecule has 21 heavy (non-hydrogen) atoms. The molecule has 2 bridgehead atoms. The van der Waals surface area contributed by atoms with Crippen molar-refractivity contribution < 1.29 is 14.3 Å². The minimum atomic E-state index is -0.346. The van der Waals surface area contributed by atoms with Gasteiger partial charge in [-0.15, -0.1) is 0 Å². The van der Waals surface area contributed by atoms with Crippen LogP contribution in [0.3, 0.4) is 0 Å². The molecule has 5 nitrogen and oxygen atoms in total. The van der Waals surface area contributed by atoms with Crippen LogP contribution in [0, 0.1) is 11.8 Å². The van der Waals surface area contributed by atoms with E-state index in [1.807, 2.05) is 55.4 Å². The smallest absolute Gasteiger partial charge is 0.240 e. The fraction of sp³-hybridized carbons (Fsp3) is 0.375. The van der Waals surface area contributed by atoms with Crippen molar-refractivity contribution in [3.05, 3.63) is 36.4 Å². The van der Waals surface area contributed by atoms with Crippen LogP contribution in [-0.2, 0) is 14.3 Å². The lowest BCUT2D eigenvalue weighted by molar-refractivity contribution is -0.124. The van der Waals surface area contributed by atoms with Gasteiger partial charge < -0.3 is 9.64 Å². The Kier molecular flexibility index (Phi) is 2.50. The molecule has 2 fully saturated rings. The summed E-state index contributed by atoms with van der Waals surface area (Å²) in [5.41, 5.74) is 1.67. The van der Waals surface area contributed by atoms with Crippen LogP contribution in [0.1, 0.15) is 0 Å². The molecule has 1 aromatic carbocycles. The second-order valence-electron chi connectivity index (χ2n) is 5.92. The van der Waals surface area contributed by atoms with Gasteiger partial charge in [0.15, 0.2) is 0 Å². The number of hydrogen-bond donors (Lipinski definition) is 0. The number of carbonyl (C=O) groups excluding carboxylic acids is 2. The van der Waals surface area contributed by atoms with Gasteiger partial charge in [0, 0.05) is 19.8 Å². The molecule has 0 saturated carbocycles. The predicted octanol–water partition coefficient (Wildman–Crippen LogP) is 1.20. The van der Waals surface area contributed by atoms with Crippen molar-refractivity contribution >= 4 is 23.2 Å². The van der Waals surface area contributed by atoms with Crippen molar-refractivity contribution in [2.24, 2.45) is 11.8 Å². The van der Waals surface area contributed by atoms with E-state index in [1.54, 1.807) is 0 Å². The first kappa shape index (κ1) is 12.6. The van der Waals surface area contributed by atoms with Crippen LogP contribution in [-0.4, -0.2) is 38.1 Å². The van der Waals surface area contributed by atoms with Crippen LogP contribution in [0.15, 0.2) is 36.4 Å². The lowest BCUT2D eigenvalue weighted by atomic mass is 9.85. The lowest BCUT2D eigenvalue weighted by Crippen LogP contribution is -2.34. The third kappa shape index (κ3) is 1.61. The summed E-state index contributed by atoms with van der Waals surface area (Å²) in [6.45, 7) is 0. The molecule has 0 unspecified atom stereocenters. The summed E-state index contributed by atoms with van der Waals surface area (Å²) >= 11 is 0. The average molecular weight is 284 g/mol. The number of hydrogen-bond acceptors (Lipinski definition) is 4.